The van der Waals surface area contributed by atoms with Crippen molar-refractivity contribution in [3.63, 3.8) is 0 Å². The number of nitrogens with one attached hydrogen (secondary N) is 1. The second-order valence-corrected chi connectivity index (χ2v) is 5.69. The van der Waals surface area contributed by atoms with E-state index in [-0.39, 0.29) is 22.7 Å². The van der Waals surface area contributed by atoms with Crippen LogP contribution in [-0.2, 0) is 16.6 Å². The first-order chi connectivity index (χ1) is 8.90. The standard InChI is InChI=1S/C11H12FN3O3S/c1-7-10(12)4-9(5-11(7)13)19(16,17)15-6-8-2-3-14-18-8/h2-5,15H,6,13H2,1H3. The maximum absolute atomic E-state index is 13.5. The van der Waals surface area contributed by atoms with Crippen molar-refractivity contribution in [2.24, 2.45) is 0 Å². The molecule has 2 rings (SSSR count). The number of nitrogens with two attached hydrogens (primary N) is 1. The maximum Gasteiger partial charge on any atom is 0.241 e. The fourth-order valence-electron chi connectivity index (χ4n) is 1.41. The number of anilines is 1. The van der Waals surface area contributed by atoms with Crippen molar-refractivity contribution in [3.8, 4) is 0 Å². The predicted octanol–water partition coefficient (Wildman–Crippen LogP) is 1.18. The molecule has 0 saturated heterocycles. The zero-order valence-electron chi connectivity index (χ0n) is 10.1. The third kappa shape index (κ3) is 2.91. The normalized spacial score (nSPS) is 11.7. The van der Waals surface area contributed by atoms with Gasteiger partial charge in [0.25, 0.3) is 0 Å². The third-order valence-corrected chi connectivity index (χ3v) is 3.98. The van der Waals surface area contributed by atoms with Gasteiger partial charge < -0.3 is 10.3 Å². The van der Waals surface area contributed by atoms with Gasteiger partial charge in [-0.1, -0.05) is 5.16 Å². The molecule has 0 aliphatic carbocycles. The van der Waals surface area contributed by atoms with Gasteiger partial charge in [0.2, 0.25) is 10.0 Å². The molecule has 0 aliphatic heterocycles. The van der Waals surface area contributed by atoms with Crippen molar-refractivity contribution < 1.29 is 17.3 Å². The summed E-state index contributed by atoms with van der Waals surface area (Å²) < 4.78 is 44.4. The molecule has 0 fully saturated rings. The summed E-state index contributed by atoms with van der Waals surface area (Å²) in [5.74, 6) is -0.316. The largest absolute Gasteiger partial charge is 0.398 e. The lowest BCUT2D eigenvalue weighted by Gasteiger charge is -2.08. The van der Waals surface area contributed by atoms with Crippen molar-refractivity contribution >= 4 is 15.7 Å². The summed E-state index contributed by atoms with van der Waals surface area (Å²) in [5, 5.41) is 3.45. The van der Waals surface area contributed by atoms with E-state index in [0.29, 0.717) is 5.76 Å². The van der Waals surface area contributed by atoms with Crippen LogP contribution in [0, 0.1) is 12.7 Å². The third-order valence-electron chi connectivity index (χ3n) is 2.60. The Balaban J connectivity index is 2.24. The highest BCUT2D eigenvalue weighted by Crippen LogP contribution is 2.20. The summed E-state index contributed by atoms with van der Waals surface area (Å²) in [7, 11) is -3.86. The van der Waals surface area contributed by atoms with Gasteiger partial charge in [0.15, 0.2) is 5.76 Å². The molecule has 0 radical (unpaired) electrons. The van der Waals surface area contributed by atoms with Crippen LogP contribution in [0.15, 0.2) is 33.8 Å². The van der Waals surface area contributed by atoms with Gasteiger partial charge in [-0.05, 0) is 19.1 Å². The Hall–Kier alpha value is -1.93. The minimum absolute atomic E-state index is 0.0717. The van der Waals surface area contributed by atoms with Crippen molar-refractivity contribution in [2.75, 3.05) is 5.73 Å². The van der Waals surface area contributed by atoms with Gasteiger partial charge in [-0.2, -0.15) is 0 Å². The Morgan fingerprint density at radius 3 is 2.79 bits per heavy atom. The number of benzene rings is 1. The van der Waals surface area contributed by atoms with E-state index in [9.17, 15) is 12.8 Å². The fourth-order valence-corrected chi connectivity index (χ4v) is 2.45. The molecular formula is C11H12FN3O3S. The summed E-state index contributed by atoms with van der Waals surface area (Å²) in [6, 6.07) is 3.65. The molecule has 102 valence electrons. The first-order valence-electron chi connectivity index (χ1n) is 5.35. The van der Waals surface area contributed by atoms with Crippen LogP contribution in [0.3, 0.4) is 0 Å². The zero-order chi connectivity index (χ0) is 14.0. The number of hydrogen-bond donors (Lipinski definition) is 2. The van der Waals surface area contributed by atoms with Gasteiger partial charge >= 0.3 is 0 Å². The van der Waals surface area contributed by atoms with Crippen molar-refractivity contribution in [3.05, 3.63) is 41.5 Å². The Bertz CT molecular complexity index is 660. The molecular weight excluding hydrogens is 273 g/mol. The second kappa shape index (κ2) is 4.98. The van der Waals surface area contributed by atoms with Gasteiger partial charge in [0.1, 0.15) is 5.82 Å². The number of rotatable bonds is 4. The van der Waals surface area contributed by atoms with Crippen molar-refractivity contribution in [1.29, 1.82) is 0 Å². The van der Waals surface area contributed by atoms with Crippen LogP contribution < -0.4 is 10.5 Å². The summed E-state index contributed by atoms with van der Waals surface area (Å²) in [6.45, 7) is 1.40. The molecule has 0 amide bonds. The van der Waals surface area contributed by atoms with Gasteiger partial charge in [-0.15, -0.1) is 0 Å². The molecule has 6 nitrogen and oxygen atoms in total. The Morgan fingerprint density at radius 2 is 2.21 bits per heavy atom. The summed E-state index contributed by atoms with van der Waals surface area (Å²) >= 11 is 0. The van der Waals surface area contributed by atoms with E-state index in [4.69, 9.17) is 10.3 Å². The average Bonchev–Trinajstić information content (AvgIpc) is 2.86. The maximum atomic E-state index is 13.5. The molecule has 2 aromatic rings. The van der Waals surface area contributed by atoms with Crippen molar-refractivity contribution in [1.82, 2.24) is 9.88 Å². The molecule has 8 heteroatoms. The minimum atomic E-state index is -3.86. The molecule has 0 bridgehead atoms. The smallest absolute Gasteiger partial charge is 0.241 e. The van der Waals surface area contributed by atoms with Crippen molar-refractivity contribution in [2.45, 2.75) is 18.4 Å². The monoisotopic (exact) mass is 285 g/mol. The quantitative estimate of drug-likeness (QED) is 0.822. The van der Waals surface area contributed by atoms with Crippen LogP contribution in [0.5, 0.6) is 0 Å². The highest BCUT2D eigenvalue weighted by Gasteiger charge is 2.17. The molecule has 19 heavy (non-hydrogen) atoms. The lowest BCUT2D eigenvalue weighted by molar-refractivity contribution is 0.380. The van der Waals surface area contributed by atoms with E-state index < -0.39 is 15.8 Å². The molecule has 0 spiro atoms. The van der Waals surface area contributed by atoms with Gasteiger partial charge in [-0.25, -0.2) is 17.5 Å². The molecule has 3 N–H and O–H groups in total. The lowest BCUT2D eigenvalue weighted by Crippen LogP contribution is -2.23. The van der Waals surface area contributed by atoms with Crippen LogP contribution in [-0.4, -0.2) is 13.6 Å². The van der Waals surface area contributed by atoms with Crippen LogP contribution >= 0.6 is 0 Å². The molecule has 0 saturated carbocycles. The molecule has 1 heterocycles. The number of nitrogen functional groups attached to an aromatic ring is 1. The van der Waals surface area contributed by atoms with Crippen LogP contribution in [0.1, 0.15) is 11.3 Å². The summed E-state index contributed by atoms with van der Waals surface area (Å²) in [5.41, 5.74) is 5.85. The Morgan fingerprint density at radius 1 is 1.47 bits per heavy atom. The minimum Gasteiger partial charge on any atom is -0.398 e. The number of sulfonamides is 1. The average molecular weight is 285 g/mol. The van der Waals surface area contributed by atoms with E-state index in [1.54, 1.807) is 0 Å². The second-order valence-electron chi connectivity index (χ2n) is 3.92. The van der Waals surface area contributed by atoms with E-state index in [1.165, 1.54) is 25.3 Å². The van der Waals surface area contributed by atoms with E-state index in [1.807, 2.05) is 0 Å². The van der Waals surface area contributed by atoms with Gasteiger partial charge in [0, 0.05) is 17.3 Å². The van der Waals surface area contributed by atoms with Gasteiger partial charge in [0.05, 0.1) is 17.6 Å². The van der Waals surface area contributed by atoms with Gasteiger partial charge in [-0.3, -0.25) is 0 Å². The zero-order valence-corrected chi connectivity index (χ0v) is 10.9. The number of aromatic nitrogens is 1. The van der Waals surface area contributed by atoms with E-state index >= 15 is 0 Å². The molecule has 0 atom stereocenters. The first kappa shape index (κ1) is 13.5. The highest BCUT2D eigenvalue weighted by atomic mass is 32.2. The van der Waals surface area contributed by atoms with Crippen LogP contribution in [0.25, 0.3) is 0 Å². The van der Waals surface area contributed by atoms with Crippen LogP contribution in [0.4, 0.5) is 10.1 Å². The number of hydrogen-bond acceptors (Lipinski definition) is 5. The van der Waals surface area contributed by atoms with E-state index in [2.05, 4.69) is 9.88 Å². The SMILES string of the molecule is Cc1c(N)cc(S(=O)(=O)NCc2ccno2)cc1F. The van der Waals surface area contributed by atoms with E-state index in [0.717, 1.165) is 6.07 Å². The Kier molecular flexibility index (Phi) is 3.54. The Labute approximate surface area is 109 Å². The molecule has 1 aromatic heterocycles. The number of halogens is 1. The molecule has 0 aliphatic rings. The first-order valence-corrected chi connectivity index (χ1v) is 6.83. The summed E-state index contributed by atoms with van der Waals surface area (Å²) in [6.07, 6.45) is 1.40. The number of nitrogens with zero attached hydrogens (tertiary/aromatic N) is 1. The lowest BCUT2D eigenvalue weighted by atomic mass is 10.2. The fraction of sp³-hybridized carbons (Fsp3) is 0.182. The summed E-state index contributed by atoms with van der Waals surface area (Å²) in [4.78, 5) is -0.229. The van der Waals surface area contributed by atoms with Crippen LogP contribution in [0.2, 0.25) is 0 Å². The molecule has 1 aromatic carbocycles. The molecule has 0 unspecified atom stereocenters. The highest BCUT2D eigenvalue weighted by molar-refractivity contribution is 7.89. The topological polar surface area (TPSA) is 98.2 Å². The predicted molar refractivity (Wildman–Crippen MR) is 66.1 cm³/mol.